The van der Waals surface area contributed by atoms with Crippen molar-refractivity contribution >= 4 is 22.4 Å². The molecule has 0 bridgehead atoms. The summed E-state index contributed by atoms with van der Waals surface area (Å²) in [5.74, 6) is -0.586. The Hall–Kier alpha value is -1.95. The number of carbonyl (C=O) groups excluding carboxylic acids is 1. The molecule has 0 radical (unpaired) electrons. The number of hydrogen-bond donors (Lipinski definition) is 1. The highest BCUT2D eigenvalue weighted by Gasteiger charge is 2.08. The lowest BCUT2D eigenvalue weighted by Crippen LogP contribution is -2.23. The summed E-state index contributed by atoms with van der Waals surface area (Å²) in [5, 5.41) is 5.62. The van der Waals surface area contributed by atoms with Crippen LogP contribution in [0.2, 0.25) is 0 Å². The minimum Gasteiger partial charge on any atom is -0.351 e. The van der Waals surface area contributed by atoms with Crippen molar-refractivity contribution in [3.63, 3.8) is 0 Å². The number of thiazole rings is 1. The van der Waals surface area contributed by atoms with Crippen LogP contribution in [0.3, 0.4) is 0 Å². The standard InChI is InChI=1S/C14H16FN3OS/c1-3-18(2)14-17-12(9-20-14)8-16-13(19)10-4-6-11(15)7-5-10/h4-7,9H,3,8H2,1-2H3,(H,16,19). The van der Waals surface area contributed by atoms with Gasteiger partial charge in [0.25, 0.3) is 5.91 Å². The number of halogens is 1. The van der Waals surface area contributed by atoms with E-state index in [0.717, 1.165) is 17.4 Å². The maximum atomic E-state index is 12.8. The van der Waals surface area contributed by atoms with Crippen molar-refractivity contribution in [2.75, 3.05) is 18.5 Å². The van der Waals surface area contributed by atoms with Gasteiger partial charge in [-0.05, 0) is 31.2 Å². The number of amides is 1. The Morgan fingerprint density at radius 2 is 2.10 bits per heavy atom. The molecule has 20 heavy (non-hydrogen) atoms. The fraction of sp³-hybridized carbons (Fsp3) is 0.286. The molecule has 1 amide bonds. The van der Waals surface area contributed by atoms with Gasteiger partial charge in [0.15, 0.2) is 5.13 Å². The number of anilines is 1. The number of hydrogen-bond acceptors (Lipinski definition) is 4. The molecule has 0 spiro atoms. The van der Waals surface area contributed by atoms with Gasteiger partial charge in [0.05, 0.1) is 12.2 Å². The summed E-state index contributed by atoms with van der Waals surface area (Å²) in [7, 11) is 1.97. The van der Waals surface area contributed by atoms with E-state index >= 15 is 0 Å². The molecule has 4 nitrogen and oxygen atoms in total. The molecule has 1 aromatic carbocycles. The molecule has 1 heterocycles. The zero-order valence-corrected chi connectivity index (χ0v) is 12.2. The Morgan fingerprint density at radius 3 is 2.75 bits per heavy atom. The fourth-order valence-electron chi connectivity index (χ4n) is 1.56. The molecule has 2 aromatic rings. The van der Waals surface area contributed by atoms with E-state index in [4.69, 9.17) is 0 Å². The minimum absolute atomic E-state index is 0.233. The lowest BCUT2D eigenvalue weighted by atomic mass is 10.2. The van der Waals surface area contributed by atoms with Crippen LogP contribution in [0, 0.1) is 5.82 Å². The Labute approximate surface area is 121 Å². The molecule has 1 aromatic heterocycles. The van der Waals surface area contributed by atoms with E-state index in [0.29, 0.717) is 12.1 Å². The van der Waals surface area contributed by atoms with Crippen LogP contribution in [0.4, 0.5) is 9.52 Å². The summed E-state index contributed by atoms with van der Waals surface area (Å²) in [6, 6.07) is 5.46. The smallest absolute Gasteiger partial charge is 0.251 e. The van der Waals surface area contributed by atoms with Gasteiger partial charge in [0.1, 0.15) is 5.82 Å². The highest BCUT2D eigenvalue weighted by Crippen LogP contribution is 2.18. The molecule has 0 aliphatic carbocycles. The van der Waals surface area contributed by atoms with Crippen molar-refractivity contribution in [2.45, 2.75) is 13.5 Å². The maximum absolute atomic E-state index is 12.8. The third kappa shape index (κ3) is 3.54. The minimum atomic E-state index is -0.353. The van der Waals surface area contributed by atoms with E-state index in [1.807, 2.05) is 17.3 Å². The largest absolute Gasteiger partial charge is 0.351 e. The van der Waals surface area contributed by atoms with Gasteiger partial charge in [0, 0.05) is 24.5 Å². The van der Waals surface area contributed by atoms with Gasteiger partial charge in [0.2, 0.25) is 0 Å². The van der Waals surface area contributed by atoms with Gasteiger partial charge in [-0.3, -0.25) is 4.79 Å². The van der Waals surface area contributed by atoms with Crippen molar-refractivity contribution in [1.29, 1.82) is 0 Å². The van der Waals surface area contributed by atoms with Gasteiger partial charge in [-0.1, -0.05) is 0 Å². The van der Waals surface area contributed by atoms with Gasteiger partial charge < -0.3 is 10.2 Å². The highest BCUT2D eigenvalue weighted by atomic mass is 32.1. The van der Waals surface area contributed by atoms with Crippen molar-refractivity contribution in [3.05, 3.63) is 46.7 Å². The highest BCUT2D eigenvalue weighted by molar-refractivity contribution is 7.13. The Balaban J connectivity index is 1.93. The van der Waals surface area contributed by atoms with E-state index in [1.165, 1.54) is 24.3 Å². The molecule has 0 saturated carbocycles. The third-order valence-corrected chi connectivity index (χ3v) is 3.88. The third-order valence-electron chi connectivity index (χ3n) is 2.88. The van der Waals surface area contributed by atoms with Gasteiger partial charge >= 0.3 is 0 Å². The van der Waals surface area contributed by atoms with Crippen LogP contribution in [-0.4, -0.2) is 24.5 Å². The second kappa shape index (κ2) is 6.47. The quantitative estimate of drug-likeness (QED) is 0.922. The second-order valence-corrected chi connectivity index (χ2v) is 5.16. The fourth-order valence-corrected chi connectivity index (χ4v) is 2.42. The molecule has 0 atom stereocenters. The average Bonchev–Trinajstić information content (AvgIpc) is 2.93. The summed E-state index contributed by atoms with van der Waals surface area (Å²) >= 11 is 1.55. The average molecular weight is 293 g/mol. The molecule has 6 heteroatoms. The molecule has 0 saturated heterocycles. The van der Waals surface area contributed by atoms with Crippen molar-refractivity contribution in [3.8, 4) is 0 Å². The van der Waals surface area contributed by atoms with E-state index in [9.17, 15) is 9.18 Å². The van der Waals surface area contributed by atoms with Gasteiger partial charge in [-0.25, -0.2) is 9.37 Å². The number of nitrogens with one attached hydrogen (secondary N) is 1. The van der Waals surface area contributed by atoms with Crippen LogP contribution in [0.25, 0.3) is 0 Å². The number of nitrogens with zero attached hydrogens (tertiary/aromatic N) is 2. The topological polar surface area (TPSA) is 45.2 Å². The lowest BCUT2D eigenvalue weighted by molar-refractivity contribution is 0.0950. The number of carbonyl (C=O) groups is 1. The molecular weight excluding hydrogens is 277 g/mol. The van der Waals surface area contributed by atoms with Crippen LogP contribution in [-0.2, 0) is 6.54 Å². The van der Waals surface area contributed by atoms with Crippen LogP contribution in [0.15, 0.2) is 29.6 Å². The monoisotopic (exact) mass is 293 g/mol. The Bertz CT molecular complexity index is 582. The van der Waals surface area contributed by atoms with E-state index in [-0.39, 0.29) is 11.7 Å². The molecule has 0 aliphatic rings. The normalized spacial score (nSPS) is 10.3. The predicted octanol–water partition coefficient (Wildman–Crippen LogP) is 2.67. The van der Waals surface area contributed by atoms with E-state index < -0.39 is 0 Å². The van der Waals surface area contributed by atoms with Crippen LogP contribution < -0.4 is 10.2 Å². The van der Waals surface area contributed by atoms with E-state index in [1.54, 1.807) is 11.3 Å². The van der Waals surface area contributed by atoms with Crippen molar-refractivity contribution in [2.24, 2.45) is 0 Å². The zero-order valence-electron chi connectivity index (χ0n) is 11.4. The zero-order chi connectivity index (χ0) is 14.5. The van der Waals surface area contributed by atoms with Crippen LogP contribution >= 0.6 is 11.3 Å². The van der Waals surface area contributed by atoms with Gasteiger partial charge in [-0.2, -0.15) is 0 Å². The maximum Gasteiger partial charge on any atom is 0.251 e. The number of rotatable bonds is 5. The first-order valence-electron chi connectivity index (χ1n) is 6.29. The molecule has 106 valence electrons. The first-order chi connectivity index (χ1) is 9.60. The molecule has 0 aliphatic heterocycles. The summed E-state index contributed by atoms with van der Waals surface area (Å²) in [4.78, 5) is 18.3. The molecule has 2 rings (SSSR count). The van der Waals surface area contributed by atoms with Crippen LogP contribution in [0.1, 0.15) is 23.0 Å². The molecular formula is C14H16FN3OS. The van der Waals surface area contributed by atoms with Crippen molar-refractivity contribution in [1.82, 2.24) is 10.3 Å². The number of benzene rings is 1. The number of aromatic nitrogens is 1. The lowest BCUT2D eigenvalue weighted by Gasteiger charge is -2.11. The van der Waals surface area contributed by atoms with E-state index in [2.05, 4.69) is 17.2 Å². The summed E-state index contributed by atoms with van der Waals surface area (Å²) < 4.78 is 12.8. The molecule has 0 unspecified atom stereocenters. The predicted molar refractivity (Wildman–Crippen MR) is 78.6 cm³/mol. The second-order valence-electron chi connectivity index (χ2n) is 4.33. The Morgan fingerprint density at radius 1 is 1.40 bits per heavy atom. The SMILES string of the molecule is CCN(C)c1nc(CNC(=O)c2ccc(F)cc2)cs1. The van der Waals surface area contributed by atoms with Crippen LogP contribution in [0.5, 0.6) is 0 Å². The summed E-state index contributed by atoms with van der Waals surface area (Å²) in [6.45, 7) is 3.30. The molecule has 1 N–H and O–H groups in total. The Kier molecular flexibility index (Phi) is 4.68. The first-order valence-corrected chi connectivity index (χ1v) is 7.17. The van der Waals surface area contributed by atoms with Gasteiger partial charge in [-0.15, -0.1) is 11.3 Å². The summed E-state index contributed by atoms with van der Waals surface area (Å²) in [5.41, 5.74) is 1.26. The first kappa shape index (κ1) is 14.5. The summed E-state index contributed by atoms with van der Waals surface area (Å²) in [6.07, 6.45) is 0. The molecule has 0 fully saturated rings. The van der Waals surface area contributed by atoms with Crippen molar-refractivity contribution < 1.29 is 9.18 Å².